The Bertz CT molecular complexity index is 395. The Balaban J connectivity index is 0.00000361. The number of sulfonamides is 1. The molecule has 120 valence electrons. The number of piperidine rings is 1. The average molecular weight is 328 g/mol. The van der Waals surface area contributed by atoms with Gasteiger partial charge in [0.15, 0.2) is 0 Å². The molecule has 0 aromatic rings. The van der Waals surface area contributed by atoms with Gasteiger partial charge in [-0.25, -0.2) is 12.7 Å². The molecule has 0 aromatic heterocycles. The monoisotopic (exact) mass is 327 g/mol. The fourth-order valence-corrected chi connectivity index (χ4v) is 3.14. The molecule has 1 aliphatic heterocycles. The lowest BCUT2D eigenvalue weighted by atomic mass is 9.98. The summed E-state index contributed by atoms with van der Waals surface area (Å²) in [5, 5.41) is 2.86. The maximum atomic E-state index is 11.7. The Labute approximate surface area is 127 Å². The summed E-state index contributed by atoms with van der Waals surface area (Å²) >= 11 is 0. The van der Waals surface area contributed by atoms with Crippen LogP contribution < -0.4 is 11.1 Å². The minimum Gasteiger partial charge on any atom is -0.354 e. The molecule has 1 atom stereocenters. The third kappa shape index (κ3) is 6.39. The van der Waals surface area contributed by atoms with Gasteiger partial charge in [0.05, 0.1) is 12.3 Å². The Morgan fingerprint density at radius 2 is 1.95 bits per heavy atom. The first-order chi connectivity index (χ1) is 8.84. The van der Waals surface area contributed by atoms with Crippen molar-refractivity contribution in [2.45, 2.75) is 38.6 Å². The van der Waals surface area contributed by atoms with E-state index in [1.807, 2.05) is 6.92 Å². The topological polar surface area (TPSA) is 92.5 Å². The summed E-state index contributed by atoms with van der Waals surface area (Å²) in [5.41, 5.74) is 5.72. The van der Waals surface area contributed by atoms with Crippen molar-refractivity contribution >= 4 is 28.3 Å². The Morgan fingerprint density at radius 1 is 1.40 bits per heavy atom. The van der Waals surface area contributed by atoms with E-state index in [9.17, 15) is 13.2 Å². The van der Waals surface area contributed by atoms with Gasteiger partial charge in [-0.1, -0.05) is 13.3 Å². The number of amides is 1. The van der Waals surface area contributed by atoms with Crippen molar-refractivity contribution in [1.82, 2.24) is 9.62 Å². The first-order valence-corrected chi connectivity index (χ1v) is 8.67. The van der Waals surface area contributed by atoms with Gasteiger partial charge in [-0.15, -0.1) is 12.4 Å². The van der Waals surface area contributed by atoms with Gasteiger partial charge in [-0.05, 0) is 25.2 Å². The highest BCUT2D eigenvalue weighted by molar-refractivity contribution is 7.88. The van der Waals surface area contributed by atoms with Gasteiger partial charge in [0.1, 0.15) is 0 Å². The van der Waals surface area contributed by atoms with E-state index in [1.165, 1.54) is 10.6 Å². The van der Waals surface area contributed by atoms with Gasteiger partial charge in [-0.3, -0.25) is 4.79 Å². The molecular formula is C12H26ClN3O3S. The summed E-state index contributed by atoms with van der Waals surface area (Å²) < 4.78 is 24.2. The van der Waals surface area contributed by atoms with Crippen LogP contribution in [-0.2, 0) is 14.8 Å². The highest BCUT2D eigenvalue weighted by Crippen LogP contribution is 2.18. The van der Waals surface area contributed by atoms with Gasteiger partial charge in [0.25, 0.3) is 0 Å². The molecule has 20 heavy (non-hydrogen) atoms. The zero-order valence-electron chi connectivity index (χ0n) is 12.2. The lowest BCUT2D eigenvalue weighted by Gasteiger charge is -2.30. The van der Waals surface area contributed by atoms with Crippen LogP contribution in [0.15, 0.2) is 0 Å². The molecule has 1 fully saturated rings. The first-order valence-electron chi connectivity index (χ1n) is 6.83. The lowest BCUT2D eigenvalue weighted by molar-refractivity contribution is -0.122. The molecule has 0 saturated carbocycles. The minimum absolute atomic E-state index is 0. The second-order valence-corrected chi connectivity index (χ2v) is 7.23. The molecule has 0 spiro atoms. The number of hydrogen-bond acceptors (Lipinski definition) is 4. The SMILES string of the molecule is CCCC(N)C(=O)NCC1CCN(S(C)(=O)=O)CC1.Cl. The number of nitrogens with zero attached hydrogens (tertiary/aromatic N) is 1. The van der Waals surface area contributed by atoms with E-state index in [0.717, 1.165) is 19.3 Å². The second kappa shape index (κ2) is 8.81. The van der Waals surface area contributed by atoms with E-state index in [-0.39, 0.29) is 18.3 Å². The van der Waals surface area contributed by atoms with Crippen molar-refractivity contribution in [3.63, 3.8) is 0 Å². The predicted octanol–water partition coefficient (Wildman–Crippen LogP) is 0.323. The summed E-state index contributed by atoms with van der Waals surface area (Å²) in [7, 11) is -3.08. The molecule has 1 aliphatic rings. The van der Waals surface area contributed by atoms with E-state index < -0.39 is 16.1 Å². The first kappa shape index (κ1) is 19.6. The highest BCUT2D eigenvalue weighted by atomic mass is 35.5. The average Bonchev–Trinajstić information content (AvgIpc) is 2.35. The lowest BCUT2D eigenvalue weighted by Crippen LogP contribution is -2.45. The molecule has 0 aromatic carbocycles. The summed E-state index contributed by atoms with van der Waals surface area (Å²) in [6, 6.07) is -0.430. The van der Waals surface area contributed by atoms with Crippen molar-refractivity contribution in [1.29, 1.82) is 0 Å². The molecule has 1 heterocycles. The van der Waals surface area contributed by atoms with Crippen LogP contribution in [0.3, 0.4) is 0 Å². The van der Waals surface area contributed by atoms with Crippen molar-refractivity contribution in [3.05, 3.63) is 0 Å². The number of hydrogen-bond donors (Lipinski definition) is 2. The highest BCUT2D eigenvalue weighted by Gasteiger charge is 2.25. The third-order valence-electron chi connectivity index (χ3n) is 3.54. The fourth-order valence-electron chi connectivity index (χ4n) is 2.26. The largest absolute Gasteiger partial charge is 0.354 e. The van der Waals surface area contributed by atoms with Gasteiger partial charge < -0.3 is 11.1 Å². The molecule has 1 rings (SSSR count). The van der Waals surface area contributed by atoms with Crippen LogP contribution in [0.25, 0.3) is 0 Å². The molecule has 1 amide bonds. The van der Waals surface area contributed by atoms with Crippen molar-refractivity contribution in [3.8, 4) is 0 Å². The Morgan fingerprint density at radius 3 is 2.40 bits per heavy atom. The van der Waals surface area contributed by atoms with Crippen LogP contribution in [0.4, 0.5) is 0 Å². The zero-order valence-corrected chi connectivity index (χ0v) is 13.8. The second-order valence-electron chi connectivity index (χ2n) is 5.25. The van der Waals surface area contributed by atoms with E-state index in [1.54, 1.807) is 0 Å². The van der Waals surface area contributed by atoms with E-state index in [2.05, 4.69) is 5.32 Å². The van der Waals surface area contributed by atoms with Crippen LogP contribution in [0, 0.1) is 5.92 Å². The number of nitrogens with one attached hydrogen (secondary N) is 1. The molecule has 1 saturated heterocycles. The zero-order chi connectivity index (χ0) is 14.5. The fraction of sp³-hybridized carbons (Fsp3) is 0.917. The van der Waals surface area contributed by atoms with Gasteiger partial charge in [0.2, 0.25) is 15.9 Å². The summed E-state index contributed by atoms with van der Waals surface area (Å²) in [5.74, 6) is 0.239. The predicted molar refractivity (Wildman–Crippen MR) is 82.3 cm³/mol. The molecule has 0 radical (unpaired) electrons. The smallest absolute Gasteiger partial charge is 0.236 e. The number of halogens is 1. The van der Waals surface area contributed by atoms with Gasteiger partial charge in [-0.2, -0.15) is 0 Å². The van der Waals surface area contributed by atoms with Crippen molar-refractivity contribution < 1.29 is 13.2 Å². The molecular weight excluding hydrogens is 302 g/mol. The standard InChI is InChI=1S/C12H25N3O3S.ClH/c1-3-4-11(13)12(16)14-9-10-5-7-15(8-6-10)19(2,17)18;/h10-11H,3-9,13H2,1-2H3,(H,14,16);1H. The molecule has 0 aliphatic carbocycles. The number of rotatable bonds is 6. The normalized spacial score (nSPS) is 19.1. The number of carbonyl (C=O) groups excluding carboxylic acids is 1. The van der Waals surface area contributed by atoms with E-state index in [4.69, 9.17) is 5.73 Å². The van der Waals surface area contributed by atoms with E-state index in [0.29, 0.717) is 32.0 Å². The molecule has 6 nitrogen and oxygen atoms in total. The maximum Gasteiger partial charge on any atom is 0.236 e. The van der Waals surface area contributed by atoms with Crippen LogP contribution in [0.2, 0.25) is 0 Å². The van der Waals surface area contributed by atoms with Crippen LogP contribution in [-0.4, -0.2) is 50.6 Å². The quantitative estimate of drug-likeness (QED) is 0.735. The summed E-state index contributed by atoms with van der Waals surface area (Å²) in [6.45, 7) is 3.67. The molecule has 3 N–H and O–H groups in total. The van der Waals surface area contributed by atoms with E-state index >= 15 is 0 Å². The van der Waals surface area contributed by atoms with Crippen molar-refractivity contribution in [2.24, 2.45) is 11.7 Å². The third-order valence-corrected chi connectivity index (χ3v) is 4.85. The maximum absolute atomic E-state index is 11.7. The number of nitrogens with two attached hydrogens (primary N) is 1. The molecule has 0 bridgehead atoms. The Kier molecular flexibility index (Phi) is 8.65. The molecule has 8 heteroatoms. The summed E-state index contributed by atoms with van der Waals surface area (Å²) in [6.07, 6.45) is 4.39. The van der Waals surface area contributed by atoms with Crippen LogP contribution in [0.1, 0.15) is 32.6 Å². The number of carbonyl (C=O) groups is 1. The van der Waals surface area contributed by atoms with Crippen LogP contribution in [0.5, 0.6) is 0 Å². The van der Waals surface area contributed by atoms with Crippen molar-refractivity contribution in [2.75, 3.05) is 25.9 Å². The van der Waals surface area contributed by atoms with Gasteiger partial charge in [0, 0.05) is 19.6 Å². The molecule has 1 unspecified atom stereocenters. The van der Waals surface area contributed by atoms with Crippen LogP contribution >= 0.6 is 12.4 Å². The summed E-state index contributed by atoms with van der Waals surface area (Å²) in [4.78, 5) is 11.7. The minimum atomic E-state index is -3.08. The Hall–Kier alpha value is -0.370. The van der Waals surface area contributed by atoms with Gasteiger partial charge >= 0.3 is 0 Å².